The lowest BCUT2D eigenvalue weighted by Gasteiger charge is -2.44. The predicted octanol–water partition coefficient (Wildman–Crippen LogP) is 6.80. The molecule has 6 unspecified atom stereocenters. The summed E-state index contributed by atoms with van der Waals surface area (Å²) in [6, 6.07) is 0.977. The van der Waals surface area contributed by atoms with Gasteiger partial charge in [0.25, 0.3) is 0 Å². The number of hydrogen-bond donors (Lipinski definition) is 2. The van der Waals surface area contributed by atoms with Gasteiger partial charge in [-0.15, -0.1) is 0 Å². The van der Waals surface area contributed by atoms with Crippen molar-refractivity contribution in [1.29, 1.82) is 0 Å². The average Bonchev–Trinajstić information content (AvgIpc) is 3.08. The summed E-state index contributed by atoms with van der Waals surface area (Å²) in [6.07, 6.45) is 27.2. The Morgan fingerprint density at radius 3 is 1.14 bits per heavy atom. The first-order valence-corrected chi connectivity index (χ1v) is 13.7. The second-order valence-electron chi connectivity index (χ2n) is 11.7. The standard InChI is InChI=1S/C27H50N2/c28-26(20-10-4-1-2-5-11-20)24-16-8-14-22(18-24)23-15-9-17-25(19-23)27(29)21-12-6-3-7-13-21/h20-27H,1-19,28-29H2. The molecule has 0 bridgehead atoms. The lowest BCUT2D eigenvalue weighted by Crippen LogP contribution is -2.43. The van der Waals surface area contributed by atoms with Crippen LogP contribution in [0.2, 0.25) is 0 Å². The van der Waals surface area contributed by atoms with Crippen LogP contribution in [0.4, 0.5) is 0 Å². The molecule has 2 nitrogen and oxygen atoms in total. The second-order valence-corrected chi connectivity index (χ2v) is 11.7. The summed E-state index contributed by atoms with van der Waals surface area (Å²) in [5.41, 5.74) is 13.8. The highest BCUT2D eigenvalue weighted by molar-refractivity contribution is 4.92. The molecule has 4 fully saturated rings. The van der Waals surface area contributed by atoms with Crippen molar-refractivity contribution in [2.24, 2.45) is 47.0 Å². The van der Waals surface area contributed by atoms with E-state index in [0.29, 0.717) is 12.1 Å². The number of rotatable bonds is 5. The molecule has 4 aliphatic carbocycles. The van der Waals surface area contributed by atoms with E-state index in [1.165, 1.54) is 122 Å². The van der Waals surface area contributed by atoms with Crippen molar-refractivity contribution in [2.75, 3.05) is 0 Å². The SMILES string of the molecule is NC(C1CCCCCC1)C1CCCC(C2CCCC(C(N)C3CCCCC3)C2)C1. The zero-order chi connectivity index (χ0) is 20.1. The minimum Gasteiger partial charge on any atom is -0.327 e. The minimum absolute atomic E-state index is 0.486. The van der Waals surface area contributed by atoms with E-state index >= 15 is 0 Å². The van der Waals surface area contributed by atoms with Crippen LogP contribution in [-0.2, 0) is 0 Å². The summed E-state index contributed by atoms with van der Waals surface area (Å²) in [4.78, 5) is 0. The highest BCUT2D eigenvalue weighted by atomic mass is 14.7. The lowest BCUT2D eigenvalue weighted by atomic mass is 9.64. The van der Waals surface area contributed by atoms with Gasteiger partial charge in [0.2, 0.25) is 0 Å². The zero-order valence-corrected chi connectivity index (χ0v) is 19.2. The van der Waals surface area contributed by atoms with Gasteiger partial charge in [0.15, 0.2) is 0 Å². The Labute approximate surface area is 181 Å². The molecule has 2 heteroatoms. The van der Waals surface area contributed by atoms with Crippen LogP contribution in [0.3, 0.4) is 0 Å². The van der Waals surface area contributed by atoms with Crippen LogP contribution in [0, 0.1) is 35.5 Å². The van der Waals surface area contributed by atoms with E-state index < -0.39 is 0 Å². The maximum atomic E-state index is 6.94. The van der Waals surface area contributed by atoms with Crippen LogP contribution >= 0.6 is 0 Å². The van der Waals surface area contributed by atoms with Crippen LogP contribution < -0.4 is 11.5 Å². The highest BCUT2D eigenvalue weighted by Crippen LogP contribution is 2.45. The van der Waals surface area contributed by atoms with Crippen molar-refractivity contribution < 1.29 is 0 Å². The molecule has 29 heavy (non-hydrogen) atoms. The topological polar surface area (TPSA) is 52.0 Å². The van der Waals surface area contributed by atoms with Crippen LogP contribution in [0.15, 0.2) is 0 Å². The second kappa shape index (κ2) is 11.0. The van der Waals surface area contributed by atoms with E-state index in [1.54, 1.807) is 0 Å². The molecule has 6 atom stereocenters. The largest absolute Gasteiger partial charge is 0.327 e. The molecule has 0 radical (unpaired) electrons. The molecule has 168 valence electrons. The summed E-state index contributed by atoms with van der Waals surface area (Å²) in [5.74, 6) is 5.17. The van der Waals surface area contributed by atoms with Crippen molar-refractivity contribution in [3.8, 4) is 0 Å². The lowest BCUT2D eigenvalue weighted by molar-refractivity contribution is 0.0933. The Morgan fingerprint density at radius 2 is 0.724 bits per heavy atom. The van der Waals surface area contributed by atoms with Crippen molar-refractivity contribution >= 4 is 0 Å². The number of hydrogen-bond acceptors (Lipinski definition) is 2. The quantitative estimate of drug-likeness (QED) is 0.496. The van der Waals surface area contributed by atoms with Gasteiger partial charge in [-0.25, -0.2) is 0 Å². The monoisotopic (exact) mass is 402 g/mol. The van der Waals surface area contributed by atoms with Gasteiger partial charge in [-0.05, 0) is 86.9 Å². The van der Waals surface area contributed by atoms with Crippen molar-refractivity contribution in [2.45, 2.75) is 134 Å². The highest BCUT2D eigenvalue weighted by Gasteiger charge is 2.38. The van der Waals surface area contributed by atoms with Crippen molar-refractivity contribution in [3.05, 3.63) is 0 Å². The molecule has 0 aromatic carbocycles. The molecule has 0 aliphatic heterocycles. The van der Waals surface area contributed by atoms with E-state index in [-0.39, 0.29) is 0 Å². The summed E-state index contributed by atoms with van der Waals surface area (Å²) >= 11 is 0. The first-order chi connectivity index (χ1) is 14.2. The Bertz CT molecular complexity index is 463. The van der Waals surface area contributed by atoms with Crippen LogP contribution in [-0.4, -0.2) is 12.1 Å². The fraction of sp³-hybridized carbons (Fsp3) is 1.00. The van der Waals surface area contributed by atoms with Gasteiger partial charge in [0.05, 0.1) is 0 Å². The third kappa shape index (κ3) is 5.79. The van der Waals surface area contributed by atoms with E-state index in [2.05, 4.69) is 0 Å². The molecule has 0 aromatic heterocycles. The molecule has 0 saturated heterocycles. The van der Waals surface area contributed by atoms with Gasteiger partial charge in [0.1, 0.15) is 0 Å². The first-order valence-electron chi connectivity index (χ1n) is 13.7. The number of nitrogens with two attached hydrogens (primary N) is 2. The molecule has 4 aliphatic rings. The third-order valence-electron chi connectivity index (χ3n) is 9.90. The normalized spacial score (nSPS) is 38.3. The van der Waals surface area contributed by atoms with Gasteiger partial charge in [-0.1, -0.05) is 70.6 Å². The van der Waals surface area contributed by atoms with E-state index in [9.17, 15) is 0 Å². The third-order valence-corrected chi connectivity index (χ3v) is 9.90. The van der Waals surface area contributed by atoms with E-state index in [0.717, 1.165) is 35.5 Å². The molecule has 0 aromatic rings. The molecule has 0 heterocycles. The fourth-order valence-electron chi connectivity index (χ4n) is 8.07. The van der Waals surface area contributed by atoms with Gasteiger partial charge >= 0.3 is 0 Å². The van der Waals surface area contributed by atoms with Crippen LogP contribution in [0.25, 0.3) is 0 Å². The van der Waals surface area contributed by atoms with Gasteiger partial charge in [-0.2, -0.15) is 0 Å². The molecular formula is C27H50N2. The molecule has 0 spiro atoms. The van der Waals surface area contributed by atoms with E-state index in [4.69, 9.17) is 11.5 Å². The summed E-state index contributed by atoms with van der Waals surface area (Å²) in [6.45, 7) is 0. The van der Waals surface area contributed by atoms with E-state index in [1.807, 2.05) is 0 Å². The van der Waals surface area contributed by atoms with Crippen LogP contribution in [0.5, 0.6) is 0 Å². The van der Waals surface area contributed by atoms with Gasteiger partial charge in [-0.3, -0.25) is 0 Å². The Hall–Kier alpha value is -0.0800. The fourth-order valence-corrected chi connectivity index (χ4v) is 8.07. The summed E-state index contributed by atoms with van der Waals surface area (Å²) < 4.78 is 0. The molecule has 0 amide bonds. The molecule has 4 N–H and O–H groups in total. The van der Waals surface area contributed by atoms with Crippen LogP contribution in [0.1, 0.15) is 122 Å². The summed E-state index contributed by atoms with van der Waals surface area (Å²) in [7, 11) is 0. The average molecular weight is 403 g/mol. The Balaban J connectivity index is 1.31. The Kier molecular flexibility index (Phi) is 8.38. The molecular weight excluding hydrogens is 352 g/mol. The van der Waals surface area contributed by atoms with Gasteiger partial charge < -0.3 is 11.5 Å². The molecule has 4 rings (SSSR count). The van der Waals surface area contributed by atoms with Crippen molar-refractivity contribution in [3.63, 3.8) is 0 Å². The predicted molar refractivity (Wildman–Crippen MR) is 125 cm³/mol. The van der Waals surface area contributed by atoms with Crippen molar-refractivity contribution in [1.82, 2.24) is 0 Å². The first kappa shape index (κ1) is 22.1. The van der Waals surface area contributed by atoms with Gasteiger partial charge in [0, 0.05) is 12.1 Å². The summed E-state index contributed by atoms with van der Waals surface area (Å²) in [5, 5.41) is 0. The zero-order valence-electron chi connectivity index (χ0n) is 19.2. The maximum Gasteiger partial charge on any atom is 0.00957 e. The minimum atomic E-state index is 0.486. The maximum absolute atomic E-state index is 6.94. The Morgan fingerprint density at radius 1 is 0.379 bits per heavy atom. The smallest absolute Gasteiger partial charge is 0.00957 e. The molecule has 4 saturated carbocycles.